The molecule has 4 saturated heterocycles. The number of rotatable bonds is 0. The third-order valence-corrected chi connectivity index (χ3v) is 5.22. The predicted molar refractivity (Wildman–Crippen MR) is 79.5 cm³/mol. The second-order valence-electron chi connectivity index (χ2n) is 6.49. The van der Waals surface area contributed by atoms with E-state index < -0.39 is 0 Å². The van der Waals surface area contributed by atoms with Crippen LogP contribution in [0, 0.1) is 0 Å². The molecule has 112 valence electrons. The van der Waals surface area contributed by atoms with Crippen molar-refractivity contribution >= 4 is 0 Å². The van der Waals surface area contributed by atoms with Crippen LogP contribution in [0.15, 0.2) is 24.3 Å². The summed E-state index contributed by atoms with van der Waals surface area (Å²) in [6.07, 6.45) is 3.78. The summed E-state index contributed by atoms with van der Waals surface area (Å²) in [7, 11) is 0. The van der Waals surface area contributed by atoms with Gasteiger partial charge in [-0.05, 0) is 25.7 Å². The van der Waals surface area contributed by atoms with Crippen LogP contribution in [0.2, 0.25) is 0 Å². The number of aliphatic hydroxyl groups excluding tert-OH is 2. The number of hydrogen-bond donors (Lipinski definition) is 2. The average molecular weight is 278 g/mol. The Morgan fingerprint density at radius 2 is 1.15 bits per heavy atom. The number of fused-ring (bicyclic) bond motifs is 2. The zero-order valence-corrected chi connectivity index (χ0v) is 12.2. The van der Waals surface area contributed by atoms with Crippen LogP contribution in [-0.4, -0.2) is 70.5 Å². The Morgan fingerprint density at radius 1 is 0.750 bits per heavy atom. The SMILES string of the molecule is C=C1CCN2CCC(O)C12.C=C1CCN2CCC(O)C12. The summed E-state index contributed by atoms with van der Waals surface area (Å²) < 4.78 is 0. The molecule has 4 nitrogen and oxygen atoms in total. The molecule has 4 rings (SSSR count). The van der Waals surface area contributed by atoms with Gasteiger partial charge in [-0.1, -0.05) is 24.3 Å². The molecule has 4 heterocycles. The first-order valence-electron chi connectivity index (χ1n) is 7.77. The molecule has 0 amide bonds. The van der Waals surface area contributed by atoms with Gasteiger partial charge in [-0.25, -0.2) is 0 Å². The van der Waals surface area contributed by atoms with Gasteiger partial charge in [-0.2, -0.15) is 0 Å². The molecule has 0 bridgehead atoms. The van der Waals surface area contributed by atoms with Gasteiger partial charge in [0.1, 0.15) is 0 Å². The van der Waals surface area contributed by atoms with Crippen LogP contribution in [0.25, 0.3) is 0 Å². The Morgan fingerprint density at radius 3 is 1.50 bits per heavy atom. The van der Waals surface area contributed by atoms with Gasteiger partial charge >= 0.3 is 0 Å². The van der Waals surface area contributed by atoms with E-state index >= 15 is 0 Å². The highest BCUT2D eigenvalue weighted by Gasteiger charge is 2.39. The first-order valence-corrected chi connectivity index (χ1v) is 7.77. The molecule has 2 N–H and O–H groups in total. The van der Waals surface area contributed by atoms with Gasteiger partial charge in [0, 0.05) is 26.2 Å². The molecule has 4 aliphatic rings. The Kier molecular flexibility index (Phi) is 4.00. The minimum atomic E-state index is -0.130. The van der Waals surface area contributed by atoms with Crippen molar-refractivity contribution in [3.8, 4) is 0 Å². The zero-order valence-electron chi connectivity index (χ0n) is 12.2. The molecule has 0 saturated carbocycles. The molecular formula is C16H26N2O2. The topological polar surface area (TPSA) is 46.9 Å². The maximum absolute atomic E-state index is 9.47. The lowest BCUT2D eigenvalue weighted by atomic mass is 10.1. The lowest BCUT2D eigenvalue weighted by Gasteiger charge is -2.16. The Balaban J connectivity index is 0.000000121. The minimum absolute atomic E-state index is 0.130. The quantitative estimate of drug-likeness (QED) is 0.642. The molecule has 4 unspecified atom stereocenters. The average Bonchev–Trinajstić information content (AvgIpc) is 3.13. The lowest BCUT2D eigenvalue weighted by molar-refractivity contribution is 0.150. The van der Waals surface area contributed by atoms with Crippen LogP contribution in [0.4, 0.5) is 0 Å². The summed E-state index contributed by atoms with van der Waals surface area (Å²) in [6, 6.07) is 0.611. The van der Waals surface area contributed by atoms with Crippen molar-refractivity contribution < 1.29 is 10.2 Å². The monoisotopic (exact) mass is 278 g/mol. The van der Waals surface area contributed by atoms with Crippen molar-refractivity contribution in [1.29, 1.82) is 0 Å². The zero-order chi connectivity index (χ0) is 14.3. The van der Waals surface area contributed by atoms with Gasteiger partial charge in [0.2, 0.25) is 0 Å². The maximum atomic E-state index is 9.47. The van der Waals surface area contributed by atoms with E-state index in [0.717, 1.165) is 51.9 Å². The predicted octanol–water partition coefficient (Wildman–Crippen LogP) is 0.763. The second-order valence-corrected chi connectivity index (χ2v) is 6.49. The summed E-state index contributed by atoms with van der Waals surface area (Å²) in [5, 5.41) is 18.9. The summed E-state index contributed by atoms with van der Waals surface area (Å²) in [6.45, 7) is 12.2. The van der Waals surface area contributed by atoms with Crippen molar-refractivity contribution in [3.05, 3.63) is 24.3 Å². The summed E-state index contributed by atoms with van der Waals surface area (Å²) in [4.78, 5) is 4.65. The fraction of sp³-hybridized carbons (Fsp3) is 0.750. The second kappa shape index (κ2) is 5.60. The van der Waals surface area contributed by atoms with E-state index in [1.807, 2.05) is 0 Å². The van der Waals surface area contributed by atoms with Gasteiger partial charge in [-0.3, -0.25) is 9.80 Å². The van der Waals surface area contributed by atoms with E-state index in [-0.39, 0.29) is 12.2 Å². The summed E-state index contributed by atoms with van der Waals surface area (Å²) >= 11 is 0. The molecule has 4 aliphatic heterocycles. The third-order valence-electron chi connectivity index (χ3n) is 5.22. The molecular weight excluding hydrogens is 252 g/mol. The fourth-order valence-corrected chi connectivity index (χ4v) is 4.11. The van der Waals surface area contributed by atoms with E-state index in [9.17, 15) is 10.2 Å². The van der Waals surface area contributed by atoms with Gasteiger partial charge in [0.25, 0.3) is 0 Å². The third kappa shape index (κ3) is 2.46. The van der Waals surface area contributed by atoms with E-state index in [2.05, 4.69) is 23.0 Å². The Bertz CT molecular complexity index is 371. The fourth-order valence-electron chi connectivity index (χ4n) is 4.11. The van der Waals surface area contributed by atoms with Crippen LogP contribution < -0.4 is 0 Å². The standard InChI is InChI=1S/2C8H13NO/c2*1-6-2-4-9-5-3-7(10)8(6)9/h2*7-8,10H,1-5H2. The van der Waals surface area contributed by atoms with Crippen molar-refractivity contribution in [1.82, 2.24) is 9.80 Å². The molecule has 0 aliphatic carbocycles. The first kappa shape index (κ1) is 14.3. The van der Waals surface area contributed by atoms with Crippen molar-refractivity contribution in [2.75, 3.05) is 26.2 Å². The normalized spacial score (nSPS) is 40.7. The van der Waals surface area contributed by atoms with Crippen LogP contribution >= 0.6 is 0 Å². The highest BCUT2D eigenvalue weighted by molar-refractivity contribution is 5.18. The van der Waals surface area contributed by atoms with Gasteiger partial charge in [0.05, 0.1) is 24.3 Å². The lowest BCUT2D eigenvalue weighted by Crippen LogP contribution is -2.29. The molecule has 0 aromatic carbocycles. The van der Waals surface area contributed by atoms with Crippen molar-refractivity contribution in [2.45, 2.75) is 50.0 Å². The van der Waals surface area contributed by atoms with Crippen LogP contribution in [-0.2, 0) is 0 Å². The Hall–Kier alpha value is -0.680. The van der Waals surface area contributed by atoms with E-state index in [1.54, 1.807) is 0 Å². The van der Waals surface area contributed by atoms with E-state index in [4.69, 9.17) is 0 Å². The molecule has 0 spiro atoms. The molecule has 0 aromatic heterocycles. The molecule has 4 heteroatoms. The molecule has 0 radical (unpaired) electrons. The highest BCUT2D eigenvalue weighted by atomic mass is 16.3. The van der Waals surface area contributed by atoms with Crippen LogP contribution in [0.1, 0.15) is 25.7 Å². The first-order chi connectivity index (χ1) is 9.58. The summed E-state index contributed by atoms with van der Waals surface area (Å²) in [5.41, 5.74) is 2.45. The van der Waals surface area contributed by atoms with Crippen LogP contribution in [0.3, 0.4) is 0 Å². The van der Waals surface area contributed by atoms with Gasteiger partial charge < -0.3 is 10.2 Å². The summed E-state index contributed by atoms with van der Waals surface area (Å²) in [5.74, 6) is 0. The van der Waals surface area contributed by atoms with Gasteiger partial charge in [-0.15, -0.1) is 0 Å². The molecule has 4 atom stereocenters. The van der Waals surface area contributed by atoms with E-state index in [1.165, 1.54) is 11.1 Å². The van der Waals surface area contributed by atoms with Crippen LogP contribution in [0.5, 0.6) is 0 Å². The van der Waals surface area contributed by atoms with Gasteiger partial charge in [0.15, 0.2) is 0 Å². The van der Waals surface area contributed by atoms with Crippen molar-refractivity contribution in [3.63, 3.8) is 0 Å². The maximum Gasteiger partial charge on any atom is 0.0745 e. The molecule has 4 fully saturated rings. The number of nitrogens with zero attached hydrogens (tertiary/aromatic N) is 2. The van der Waals surface area contributed by atoms with E-state index in [0.29, 0.717) is 12.1 Å². The van der Waals surface area contributed by atoms with Crippen molar-refractivity contribution in [2.24, 2.45) is 0 Å². The number of hydrogen-bond acceptors (Lipinski definition) is 4. The smallest absolute Gasteiger partial charge is 0.0745 e. The largest absolute Gasteiger partial charge is 0.391 e. The Labute approximate surface area is 121 Å². The minimum Gasteiger partial charge on any atom is -0.391 e. The molecule has 0 aromatic rings. The molecule has 20 heavy (non-hydrogen) atoms. The number of aliphatic hydroxyl groups is 2. The highest BCUT2D eigenvalue weighted by Crippen LogP contribution is 2.31.